The van der Waals surface area contributed by atoms with Crippen molar-refractivity contribution >= 4 is 34.6 Å². The second-order valence-corrected chi connectivity index (χ2v) is 7.09. The number of halogens is 1. The molecule has 0 spiro atoms. The minimum Gasteiger partial charge on any atom is -0.467 e. The fraction of sp³-hybridized carbons (Fsp3) is 0.421. The van der Waals surface area contributed by atoms with Gasteiger partial charge in [0.05, 0.1) is 23.0 Å². The summed E-state index contributed by atoms with van der Waals surface area (Å²) < 4.78 is 5.64. The third-order valence-electron chi connectivity index (χ3n) is 4.69. The van der Waals surface area contributed by atoms with Crippen molar-refractivity contribution < 1.29 is 4.42 Å². The Morgan fingerprint density at radius 3 is 2.62 bits per heavy atom. The zero-order valence-corrected chi connectivity index (χ0v) is 15.4. The number of anilines is 1. The number of thiocarbonyl (C=S) groups is 1. The smallest absolute Gasteiger partial charge is 0.174 e. The Morgan fingerprint density at radius 2 is 1.96 bits per heavy atom. The van der Waals surface area contributed by atoms with Crippen molar-refractivity contribution in [2.75, 3.05) is 5.32 Å². The highest BCUT2D eigenvalue weighted by molar-refractivity contribution is 7.80. The van der Waals surface area contributed by atoms with Gasteiger partial charge in [-0.1, -0.05) is 43.0 Å². The summed E-state index contributed by atoms with van der Waals surface area (Å²) in [6.45, 7) is 2.15. The number of rotatable bonds is 4. The highest BCUT2D eigenvalue weighted by Gasteiger charge is 2.29. The predicted molar refractivity (Wildman–Crippen MR) is 104 cm³/mol. The first kappa shape index (κ1) is 17.3. The molecule has 1 aliphatic carbocycles. The first-order chi connectivity index (χ1) is 11.7. The van der Waals surface area contributed by atoms with Crippen molar-refractivity contribution in [1.29, 1.82) is 0 Å². The highest BCUT2D eigenvalue weighted by Crippen LogP contribution is 2.32. The lowest BCUT2D eigenvalue weighted by Crippen LogP contribution is -2.45. The lowest BCUT2D eigenvalue weighted by Gasteiger charge is -2.39. The Balaban J connectivity index is 1.83. The maximum Gasteiger partial charge on any atom is 0.174 e. The average molecular weight is 363 g/mol. The second kappa shape index (κ2) is 8.04. The first-order valence-electron chi connectivity index (χ1n) is 8.54. The molecule has 0 bridgehead atoms. The molecule has 1 fully saturated rings. The van der Waals surface area contributed by atoms with E-state index in [2.05, 4.69) is 17.1 Å². The molecule has 0 radical (unpaired) electrons. The summed E-state index contributed by atoms with van der Waals surface area (Å²) in [5.74, 6) is 0.934. The molecule has 1 aromatic heterocycles. The van der Waals surface area contributed by atoms with Gasteiger partial charge in [0, 0.05) is 6.04 Å². The van der Waals surface area contributed by atoms with Gasteiger partial charge in [-0.05, 0) is 56.2 Å². The maximum atomic E-state index is 6.28. The number of nitrogens with one attached hydrogen (secondary N) is 1. The molecule has 1 aromatic carbocycles. The first-order valence-corrected chi connectivity index (χ1v) is 9.32. The van der Waals surface area contributed by atoms with Gasteiger partial charge in [0.1, 0.15) is 5.76 Å². The van der Waals surface area contributed by atoms with Gasteiger partial charge in [-0.15, -0.1) is 0 Å². The van der Waals surface area contributed by atoms with E-state index in [0.29, 0.717) is 16.2 Å². The number of nitrogens with zero attached hydrogens (tertiary/aromatic N) is 1. The van der Waals surface area contributed by atoms with E-state index in [0.717, 1.165) is 24.3 Å². The molecule has 3 nitrogen and oxygen atoms in total. The van der Waals surface area contributed by atoms with Crippen LogP contribution in [0.4, 0.5) is 5.69 Å². The van der Waals surface area contributed by atoms with Crippen molar-refractivity contribution in [3.8, 4) is 0 Å². The monoisotopic (exact) mass is 362 g/mol. The summed E-state index contributed by atoms with van der Waals surface area (Å²) in [6.07, 6.45) is 7.85. The van der Waals surface area contributed by atoms with Crippen LogP contribution in [0, 0.1) is 0 Å². The Kier molecular flexibility index (Phi) is 5.80. The highest BCUT2D eigenvalue weighted by atomic mass is 35.5. The van der Waals surface area contributed by atoms with E-state index in [-0.39, 0.29) is 6.04 Å². The van der Waals surface area contributed by atoms with Gasteiger partial charge < -0.3 is 14.6 Å². The van der Waals surface area contributed by atoms with E-state index in [1.807, 2.05) is 36.4 Å². The lowest BCUT2D eigenvalue weighted by molar-refractivity contribution is 0.186. The van der Waals surface area contributed by atoms with Crippen molar-refractivity contribution in [2.45, 2.75) is 51.1 Å². The maximum absolute atomic E-state index is 6.28. The molecule has 1 atom stereocenters. The average Bonchev–Trinajstić information content (AvgIpc) is 3.13. The Labute approximate surface area is 154 Å². The van der Waals surface area contributed by atoms with E-state index in [1.165, 1.54) is 19.3 Å². The van der Waals surface area contributed by atoms with E-state index in [1.54, 1.807) is 6.26 Å². The molecule has 1 saturated carbocycles. The summed E-state index contributed by atoms with van der Waals surface area (Å²) in [5.41, 5.74) is 0.844. The zero-order chi connectivity index (χ0) is 16.9. The molecule has 0 unspecified atom stereocenters. The molecule has 2 aromatic rings. The van der Waals surface area contributed by atoms with E-state index in [4.69, 9.17) is 28.2 Å². The third-order valence-corrected chi connectivity index (χ3v) is 5.33. The van der Waals surface area contributed by atoms with Crippen LogP contribution in [0.5, 0.6) is 0 Å². The van der Waals surface area contributed by atoms with Gasteiger partial charge in [0.25, 0.3) is 0 Å². The van der Waals surface area contributed by atoms with E-state index < -0.39 is 0 Å². The Bertz CT molecular complexity index is 668. The van der Waals surface area contributed by atoms with Crippen molar-refractivity contribution in [1.82, 2.24) is 4.90 Å². The van der Waals surface area contributed by atoms with Gasteiger partial charge in [-0.2, -0.15) is 0 Å². The summed E-state index contributed by atoms with van der Waals surface area (Å²) in [6, 6.07) is 12.2. The fourth-order valence-electron chi connectivity index (χ4n) is 3.43. The van der Waals surface area contributed by atoms with Gasteiger partial charge in [0.2, 0.25) is 0 Å². The third kappa shape index (κ3) is 3.93. The predicted octanol–water partition coefficient (Wildman–Crippen LogP) is 6.03. The van der Waals surface area contributed by atoms with Crippen LogP contribution < -0.4 is 5.32 Å². The van der Waals surface area contributed by atoms with Crippen molar-refractivity contribution in [2.24, 2.45) is 0 Å². The molecule has 1 N–H and O–H groups in total. The topological polar surface area (TPSA) is 28.4 Å². The van der Waals surface area contributed by atoms with Crippen molar-refractivity contribution in [3.63, 3.8) is 0 Å². The van der Waals surface area contributed by atoms with Crippen LogP contribution in [0.15, 0.2) is 47.1 Å². The standard InChI is InChI=1S/C19H23ClN2OS/c1-14(18-12-7-13-23-18)22(15-8-3-2-4-9-15)19(24)21-17-11-6-5-10-16(17)20/h5-7,10-15H,2-4,8-9H2,1H3,(H,21,24)/t14-/m1/s1. The van der Waals surface area contributed by atoms with Gasteiger partial charge in [-0.3, -0.25) is 0 Å². The molecule has 1 aliphatic rings. The molecule has 0 saturated heterocycles. The summed E-state index contributed by atoms with van der Waals surface area (Å²) in [7, 11) is 0. The summed E-state index contributed by atoms with van der Waals surface area (Å²) in [4.78, 5) is 2.29. The molecule has 3 rings (SSSR count). The van der Waals surface area contributed by atoms with Gasteiger partial charge >= 0.3 is 0 Å². The fourth-order valence-corrected chi connectivity index (χ4v) is 4.03. The largest absolute Gasteiger partial charge is 0.467 e. The van der Waals surface area contributed by atoms with E-state index >= 15 is 0 Å². The zero-order valence-electron chi connectivity index (χ0n) is 13.9. The van der Waals surface area contributed by atoms with Crippen LogP contribution in [-0.4, -0.2) is 16.1 Å². The lowest BCUT2D eigenvalue weighted by atomic mass is 9.93. The van der Waals surface area contributed by atoms with Crippen LogP contribution in [0.3, 0.4) is 0 Å². The van der Waals surface area contributed by atoms with Crippen LogP contribution in [0.25, 0.3) is 0 Å². The van der Waals surface area contributed by atoms with Crippen LogP contribution in [0.1, 0.15) is 50.8 Å². The Hall–Kier alpha value is -1.52. The molecule has 0 amide bonds. The quantitative estimate of drug-likeness (QED) is 0.672. The van der Waals surface area contributed by atoms with E-state index in [9.17, 15) is 0 Å². The molecule has 1 heterocycles. The molecular formula is C19H23ClN2OS. The number of hydrogen-bond donors (Lipinski definition) is 1. The van der Waals surface area contributed by atoms with Crippen molar-refractivity contribution in [3.05, 3.63) is 53.4 Å². The van der Waals surface area contributed by atoms with Gasteiger partial charge in [-0.25, -0.2) is 0 Å². The number of furan rings is 1. The molecule has 5 heteroatoms. The minimum atomic E-state index is 0.0885. The molecule has 128 valence electrons. The van der Waals surface area contributed by atoms with Crippen LogP contribution in [-0.2, 0) is 0 Å². The minimum absolute atomic E-state index is 0.0885. The van der Waals surface area contributed by atoms with Crippen LogP contribution in [0.2, 0.25) is 5.02 Å². The second-order valence-electron chi connectivity index (χ2n) is 6.30. The number of hydrogen-bond acceptors (Lipinski definition) is 2. The SMILES string of the molecule is C[C@H](c1ccco1)N(C(=S)Nc1ccccc1Cl)C1CCCCC1. The molecule has 0 aliphatic heterocycles. The Morgan fingerprint density at radius 1 is 1.21 bits per heavy atom. The number of para-hydroxylation sites is 1. The summed E-state index contributed by atoms with van der Waals surface area (Å²) >= 11 is 12.0. The molecule has 24 heavy (non-hydrogen) atoms. The normalized spacial score (nSPS) is 16.6. The summed E-state index contributed by atoms with van der Waals surface area (Å²) in [5, 5.41) is 4.72. The number of benzene rings is 1. The van der Waals surface area contributed by atoms with Gasteiger partial charge in [0.15, 0.2) is 5.11 Å². The van der Waals surface area contributed by atoms with Crippen LogP contribution >= 0.6 is 23.8 Å². The molecular weight excluding hydrogens is 340 g/mol.